The van der Waals surface area contributed by atoms with Gasteiger partial charge in [0, 0.05) is 29.7 Å². The molecule has 1 aromatic carbocycles. The Balaban J connectivity index is 2.25. The van der Waals surface area contributed by atoms with Crippen LogP contribution in [0, 0.1) is 11.6 Å². The molecule has 0 aliphatic rings. The molecule has 4 N–H and O–H groups in total. The topological polar surface area (TPSA) is 64.9 Å². The summed E-state index contributed by atoms with van der Waals surface area (Å²) in [5, 5.41) is 0. The number of pyridine rings is 1. The summed E-state index contributed by atoms with van der Waals surface area (Å²) in [4.78, 5) is 3.93. The van der Waals surface area contributed by atoms with Crippen molar-refractivity contribution in [2.45, 2.75) is 12.5 Å². The van der Waals surface area contributed by atoms with Crippen molar-refractivity contribution in [2.24, 2.45) is 5.73 Å². The Morgan fingerprint density at radius 3 is 2.72 bits per heavy atom. The Morgan fingerprint density at radius 1 is 1.22 bits per heavy atom. The number of halogens is 2. The summed E-state index contributed by atoms with van der Waals surface area (Å²) in [5.41, 5.74) is 13.0. The Bertz CT molecular complexity index is 558. The molecule has 0 bridgehead atoms. The zero-order valence-corrected chi connectivity index (χ0v) is 9.61. The number of aromatic nitrogens is 1. The SMILES string of the molecule is Nc1ccncc1CC(N)c1cc(F)ccc1F. The number of nitrogens with two attached hydrogens (primary N) is 2. The average molecular weight is 249 g/mol. The molecule has 2 aromatic rings. The van der Waals surface area contributed by atoms with Crippen LogP contribution in [0.5, 0.6) is 0 Å². The zero-order valence-electron chi connectivity index (χ0n) is 9.61. The number of anilines is 1. The third-order valence-electron chi connectivity index (χ3n) is 2.74. The molecule has 3 nitrogen and oxygen atoms in total. The van der Waals surface area contributed by atoms with E-state index < -0.39 is 17.7 Å². The van der Waals surface area contributed by atoms with Crippen LogP contribution in [0.3, 0.4) is 0 Å². The molecule has 5 heteroatoms. The van der Waals surface area contributed by atoms with Crippen molar-refractivity contribution in [1.82, 2.24) is 4.98 Å². The van der Waals surface area contributed by atoms with E-state index in [0.717, 1.165) is 18.2 Å². The van der Waals surface area contributed by atoms with Crippen LogP contribution in [0.25, 0.3) is 0 Å². The van der Waals surface area contributed by atoms with Gasteiger partial charge in [-0.15, -0.1) is 0 Å². The van der Waals surface area contributed by atoms with Gasteiger partial charge in [-0.1, -0.05) is 0 Å². The molecule has 0 aliphatic heterocycles. The van der Waals surface area contributed by atoms with Crippen LogP contribution >= 0.6 is 0 Å². The lowest BCUT2D eigenvalue weighted by molar-refractivity contribution is 0.561. The van der Waals surface area contributed by atoms with Gasteiger partial charge in [0.1, 0.15) is 11.6 Å². The van der Waals surface area contributed by atoms with Gasteiger partial charge in [-0.05, 0) is 36.2 Å². The van der Waals surface area contributed by atoms with E-state index in [1.54, 1.807) is 18.5 Å². The monoisotopic (exact) mass is 249 g/mol. The van der Waals surface area contributed by atoms with E-state index in [1.807, 2.05) is 0 Å². The largest absolute Gasteiger partial charge is 0.398 e. The van der Waals surface area contributed by atoms with Crippen molar-refractivity contribution in [1.29, 1.82) is 0 Å². The van der Waals surface area contributed by atoms with Gasteiger partial charge in [-0.2, -0.15) is 0 Å². The second-order valence-corrected chi connectivity index (χ2v) is 4.05. The highest BCUT2D eigenvalue weighted by Crippen LogP contribution is 2.22. The van der Waals surface area contributed by atoms with Crippen molar-refractivity contribution >= 4 is 5.69 Å². The maximum absolute atomic E-state index is 13.5. The predicted molar refractivity (Wildman–Crippen MR) is 65.6 cm³/mol. The molecule has 1 heterocycles. The number of nitrogen functional groups attached to an aromatic ring is 1. The van der Waals surface area contributed by atoms with Crippen molar-refractivity contribution in [3.8, 4) is 0 Å². The molecule has 0 spiro atoms. The normalized spacial score (nSPS) is 12.4. The molecule has 0 saturated heterocycles. The number of rotatable bonds is 3. The van der Waals surface area contributed by atoms with Crippen LogP contribution in [0.4, 0.5) is 14.5 Å². The van der Waals surface area contributed by atoms with Gasteiger partial charge >= 0.3 is 0 Å². The minimum atomic E-state index is -0.660. The van der Waals surface area contributed by atoms with E-state index in [2.05, 4.69) is 4.98 Å². The fourth-order valence-electron chi connectivity index (χ4n) is 1.75. The van der Waals surface area contributed by atoms with Gasteiger partial charge < -0.3 is 11.5 Å². The molecule has 2 rings (SSSR count). The first-order valence-corrected chi connectivity index (χ1v) is 5.47. The molecule has 0 aliphatic carbocycles. The highest BCUT2D eigenvalue weighted by molar-refractivity contribution is 5.45. The molecule has 94 valence electrons. The first kappa shape index (κ1) is 12.4. The molecule has 18 heavy (non-hydrogen) atoms. The molecule has 1 unspecified atom stereocenters. The van der Waals surface area contributed by atoms with E-state index in [-0.39, 0.29) is 5.56 Å². The summed E-state index contributed by atoms with van der Waals surface area (Å²) in [6.07, 6.45) is 3.44. The highest BCUT2D eigenvalue weighted by Gasteiger charge is 2.14. The Kier molecular flexibility index (Phi) is 3.53. The fraction of sp³-hybridized carbons (Fsp3) is 0.154. The minimum absolute atomic E-state index is 0.137. The molecule has 1 atom stereocenters. The Morgan fingerprint density at radius 2 is 2.00 bits per heavy atom. The summed E-state index contributed by atoms with van der Waals surface area (Å²) in [7, 11) is 0. The second kappa shape index (κ2) is 5.10. The van der Waals surface area contributed by atoms with Crippen molar-refractivity contribution < 1.29 is 8.78 Å². The third kappa shape index (κ3) is 2.62. The van der Waals surface area contributed by atoms with Gasteiger partial charge in [-0.3, -0.25) is 4.98 Å². The van der Waals surface area contributed by atoms with E-state index in [9.17, 15) is 8.78 Å². The van der Waals surface area contributed by atoms with Gasteiger partial charge in [0.25, 0.3) is 0 Å². The predicted octanol–water partition coefficient (Wildman–Crippen LogP) is 2.18. The smallest absolute Gasteiger partial charge is 0.128 e. The Hall–Kier alpha value is -2.01. The molecular formula is C13H13F2N3. The number of hydrogen-bond donors (Lipinski definition) is 2. The fourth-order valence-corrected chi connectivity index (χ4v) is 1.75. The van der Waals surface area contributed by atoms with Crippen molar-refractivity contribution in [3.05, 3.63) is 59.4 Å². The van der Waals surface area contributed by atoms with Crippen LogP contribution < -0.4 is 11.5 Å². The van der Waals surface area contributed by atoms with Crippen LogP contribution in [0.2, 0.25) is 0 Å². The summed E-state index contributed by atoms with van der Waals surface area (Å²) >= 11 is 0. The van der Waals surface area contributed by atoms with Crippen LogP contribution in [-0.4, -0.2) is 4.98 Å². The van der Waals surface area contributed by atoms with E-state index in [1.165, 1.54) is 0 Å². The number of hydrogen-bond acceptors (Lipinski definition) is 3. The molecule has 0 fully saturated rings. The second-order valence-electron chi connectivity index (χ2n) is 4.05. The maximum Gasteiger partial charge on any atom is 0.128 e. The maximum atomic E-state index is 13.5. The highest BCUT2D eigenvalue weighted by atomic mass is 19.1. The summed E-state index contributed by atoms with van der Waals surface area (Å²) in [6.45, 7) is 0. The molecule has 0 amide bonds. The van der Waals surface area contributed by atoms with E-state index >= 15 is 0 Å². The molecule has 0 radical (unpaired) electrons. The zero-order chi connectivity index (χ0) is 13.1. The number of benzene rings is 1. The molecular weight excluding hydrogens is 236 g/mol. The minimum Gasteiger partial charge on any atom is -0.398 e. The third-order valence-corrected chi connectivity index (χ3v) is 2.74. The number of nitrogens with zero attached hydrogens (tertiary/aromatic N) is 1. The van der Waals surface area contributed by atoms with Crippen LogP contribution in [0.1, 0.15) is 17.2 Å². The lowest BCUT2D eigenvalue weighted by Crippen LogP contribution is -2.16. The summed E-state index contributed by atoms with van der Waals surface area (Å²) in [6, 6.07) is 4.21. The summed E-state index contributed by atoms with van der Waals surface area (Å²) in [5.74, 6) is -1.03. The first-order valence-electron chi connectivity index (χ1n) is 5.47. The summed E-state index contributed by atoms with van der Waals surface area (Å²) < 4.78 is 26.6. The lowest BCUT2D eigenvalue weighted by Gasteiger charge is -2.14. The van der Waals surface area contributed by atoms with Crippen molar-refractivity contribution in [3.63, 3.8) is 0 Å². The van der Waals surface area contributed by atoms with Crippen LogP contribution in [0.15, 0.2) is 36.7 Å². The van der Waals surface area contributed by atoms with E-state index in [0.29, 0.717) is 17.7 Å². The standard InChI is InChI=1S/C13H13F2N3/c14-9-1-2-11(15)10(6-9)13(17)5-8-7-18-4-3-12(8)16/h1-4,6-7,13H,5,17H2,(H2,16,18). The average Bonchev–Trinajstić information content (AvgIpc) is 2.35. The van der Waals surface area contributed by atoms with Gasteiger partial charge in [-0.25, -0.2) is 8.78 Å². The quantitative estimate of drug-likeness (QED) is 0.876. The van der Waals surface area contributed by atoms with Crippen LogP contribution in [-0.2, 0) is 6.42 Å². The van der Waals surface area contributed by atoms with E-state index in [4.69, 9.17) is 11.5 Å². The van der Waals surface area contributed by atoms with Gasteiger partial charge in [0.2, 0.25) is 0 Å². The Labute approximate surface area is 103 Å². The van der Waals surface area contributed by atoms with Gasteiger partial charge in [0.15, 0.2) is 0 Å². The molecule has 0 saturated carbocycles. The van der Waals surface area contributed by atoms with Gasteiger partial charge in [0.05, 0.1) is 0 Å². The molecule has 1 aromatic heterocycles. The van der Waals surface area contributed by atoms with Crippen molar-refractivity contribution in [2.75, 3.05) is 5.73 Å². The lowest BCUT2D eigenvalue weighted by atomic mass is 9.99. The first-order chi connectivity index (χ1) is 8.58.